The van der Waals surface area contributed by atoms with E-state index in [0.717, 1.165) is 19.5 Å². The number of hydrogen-bond donors (Lipinski definition) is 2. The molecule has 0 amide bonds. The predicted octanol–water partition coefficient (Wildman–Crippen LogP) is 1.44. The van der Waals surface area contributed by atoms with Crippen molar-refractivity contribution in [2.24, 2.45) is 11.8 Å². The van der Waals surface area contributed by atoms with Gasteiger partial charge in [-0.1, -0.05) is 12.1 Å². The standard InChI is InChI=1S/C17H18FN3O2/c18-12-3-1-10(2-4-12)14-5-11-7-21(9-15(11)14)8-13-6-16(22)20-17(23)19-13/h1-4,6,11,14-15H,5,7-9H2,(H2,19,20,22,23). The number of fused-ring (bicyclic) bond motifs is 1. The SMILES string of the molecule is O=c1cc(CN2CC3CC(c4ccc(F)cc4)C3C2)[nH]c(=O)[nH]1. The molecule has 23 heavy (non-hydrogen) atoms. The molecule has 1 aromatic carbocycles. The van der Waals surface area contributed by atoms with E-state index in [4.69, 9.17) is 0 Å². The first-order valence-electron chi connectivity index (χ1n) is 7.89. The molecule has 4 rings (SSSR count). The van der Waals surface area contributed by atoms with Crippen LogP contribution in [-0.4, -0.2) is 28.0 Å². The van der Waals surface area contributed by atoms with Crippen LogP contribution in [0.3, 0.4) is 0 Å². The van der Waals surface area contributed by atoms with Crippen LogP contribution >= 0.6 is 0 Å². The maximum absolute atomic E-state index is 13.0. The summed E-state index contributed by atoms with van der Waals surface area (Å²) in [7, 11) is 0. The van der Waals surface area contributed by atoms with E-state index in [0.29, 0.717) is 30.0 Å². The molecule has 0 bridgehead atoms. The van der Waals surface area contributed by atoms with Gasteiger partial charge in [-0.05, 0) is 41.9 Å². The Bertz CT molecular complexity index is 798. The van der Waals surface area contributed by atoms with E-state index in [9.17, 15) is 14.0 Å². The zero-order valence-corrected chi connectivity index (χ0v) is 12.6. The maximum atomic E-state index is 13.0. The van der Waals surface area contributed by atoms with Gasteiger partial charge in [0.25, 0.3) is 5.56 Å². The quantitative estimate of drug-likeness (QED) is 0.900. The van der Waals surface area contributed by atoms with Crippen molar-refractivity contribution in [3.8, 4) is 0 Å². The summed E-state index contributed by atoms with van der Waals surface area (Å²) in [6.07, 6.45) is 1.12. The molecule has 2 fully saturated rings. The summed E-state index contributed by atoms with van der Waals surface area (Å²) in [5, 5.41) is 0. The number of halogens is 1. The first-order valence-corrected chi connectivity index (χ1v) is 7.89. The van der Waals surface area contributed by atoms with Gasteiger partial charge in [0.15, 0.2) is 0 Å². The van der Waals surface area contributed by atoms with Crippen LogP contribution in [0.5, 0.6) is 0 Å². The van der Waals surface area contributed by atoms with Crippen molar-refractivity contribution in [1.82, 2.24) is 14.9 Å². The molecule has 1 aliphatic carbocycles. The van der Waals surface area contributed by atoms with Crippen LogP contribution in [0.25, 0.3) is 0 Å². The van der Waals surface area contributed by atoms with Gasteiger partial charge in [-0.3, -0.25) is 14.7 Å². The highest BCUT2D eigenvalue weighted by molar-refractivity contribution is 5.25. The highest BCUT2D eigenvalue weighted by Crippen LogP contribution is 2.51. The number of likely N-dealkylation sites (tertiary alicyclic amines) is 1. The minimum Gasteiger partial charge on any atom is -0.310 e. The van der Waals surface area contributed by atoms with Gasteiger partial charge in [0.1, 0.15) is 5.82 Å². The normalized spacial score (nSPS) is 26.7. The Morgan fingerprint density at radius 1 is 1.13 bits per heavy atom. The van der Waals surface area contributed by atoms with Gasteiger partial charge in [0.05, 0.1) is 0 Å². The highest BCUT2D eigenvalue weighted by atomic mass is 19.1. The minimum atomic E-state index is -0.459. The van der Waals surface area contributed by atoms with Crippen LogP contribution in [0.1, 0.15) is 23.6 Å². The zero-order chi connectivity index (χ0) is 16.0. The van der Waals surface area contributed by atoms with Gasteiger partial charge >= 0.3 is 5.69 Å². The molecule has 3 atom stereocenters. The Morgan fingerprint density at radius 3 is 2.65 bits per heavy atom. The summed E-state index contributed by atoms with van der Waals surface area (Å²) in [6.45, 7) is 2.51. The van der Waals surface area contributed by atoms with Gasteiger partial charge < -0.3 is 4.98 Å². The molecule has 2 N–H and O–H groups in total. The summed E-state index contributed by atoms with van der Waals surface area (Å²) in [5.41, 5.74) is 1.03. The monoisotopic (exact) mass is 315 g/mol. The van der Waals surface area contributed by atoms with E-state index in [1.165, 1.54) is 23.8 Å². The Kier molecular flexibility index (Phi) is 3.41. The fourth-order valence-electron chi connectivity index (χ4n) is 4.07. The molecule has 0 spiro atoms. The lowest BCUT2D eigenvalue weighted by molar-refractivity contribution is 0.191. The molecule has 1 aromatic heterocycles. The van der Waals surface area contributed by atoms with Crippen molar-refractivity contribution < 1.29 is 4.39 Å². The second-order valence-electron chi connectivity index (χ2n) is 6.62. The van der Waals surface area contributed by atoms with E-state index in [1.807, 2.05) is 12.1 Å². The largest absolute Gasteiger partial charge is 0.325 e. The maximum Gasteiger partial charge on any atom is 0.325 e. The van der Waals surface area contributed by atoms with Gasteiger partial charge in [-0.25, -0.2) is 9.18 Å². The molecule has 1 saturated carbocycles. The average Bonchev–Trinajstić information content (AvgIpc) is 2.77. The number of nitrogens with one attached hydrogen (secondary N) is 2. The number of aromatic nitrogens is 2. The summed E-state index contributed by atoms with van der Waals surface area (Å²) >= 11 is 0. The van der Waals surface area contributed by atoms with Gasteiger partial charge in [-0.2, -0.15) is 0 Å². The fourth-order valence-corrected chi connectivity index (χ4v) is 4.07. The summed E-state index contributed by atoms with van der Waals surface area (Å²) in [4.78, 5) is 29.8. The van der Waals surface area contributed by atoms with Gasteiger partial charge in [0, 0.05) is 31.4 Å². The number of benzene rings is 1. The lowest BCUT2D eigenvalue weighted by Crippen LogP contribution is -2.33. The van der Waals surface area contributed by atoms with E-state index < -0.39 is 5.69 Å². The van der Waals surface area contributed by atoms with E-state index in [-0.39, 0.29) is 11.4 Å². The van der Waals surface area contributed by atoms with Crippen molar-refractivity contribution in [2.75, 3.05) is 13.1 Å². The third-order valence-electron chi connectivity index (χ3n) is 5.15. The predicted molar refractivity (Wildman–Crippen MR) is 83.7 cm³/mol. The van der Waals surface area contributed by atoms with Crippen LogP contribution in [0.2, 0.25) is 0 Å². The number of hydrogen-bond acceptors (Lipinski definition) is 3. The third-order valence-corrected chi connectivity index (χ3v) is 5.15. The topological polar surface area (TPSA) is 69.0 Å². The lowest BCUT2D eigenvalue weighted by atomic mass is 9.64. The van der Waals surface area contributed by atoms with Crippen LogP contribution in [0.4, 0.5) is 4.39 Å². The van der Waals surface area contributed by atoms with Crippen molar-refractivity contribution in [2.45, 2.75) is 18.9 Å². The van der Waals surface area contributed by atoms with Crippen molar-refractivity contribution in [3.05, 3.63) is 68.2 Å². The van der Waals surface area contributed by atoms with Crippen molar-refractivity contribution in [3.63, 3.8) is 0 Å². The Balaban J connectivity index is 1.44. The number of H-pyrrole nitrogens is 2. The van der Waals surface area contributed by atoms with Crippen molar-refractivity contribution in [1.29, 1.82) is 0 Å². The summed E-state index contributed by atoms with van der Waals surface area (Å²) < 4.78 is 13.0. The second-order valence-corrected chi connectivity index (χ2v) is 6.62. The second kappa shape index (κ2) is 5.45. The van der Waals surface area contributed by atoms with Crippen molar-refractivity contribution >= 4 is 0 Å². The molecular weight excluding hydrogens is 297 g/mol. The van der Waals surface area contributed by atoms with Crippen LogP contribution in [0.15, 0.2) is 39.9 Å². The van der Waals surface area contributed by atoms with Gasteiger partial charge in [0.2, 0.25) is 0 Å². The molecule has 1 aliphatic heterocycles. The zero-order valence-electron chi connectivity index (χ0n) is 12.6. The molecular formula is C17H18FN3O2. The molecule has 2 heterocycles. The molecule has 2 aromatic rings. The van der Waals surface area contributed by atoms with Crippen LogP contribution < -0.4 is 11.2 Å². The Labute approximate surface area is 132 Å². The molecule has 5 nitrogen and oxygen atoms in total. The fraction of sp³-hybridized carbons (Fsp3) is 0.412. The van der Waals surface area contributed by atoms with Crippen LogP contribution in [-0.2, 0) is 6.54 Å². The molecule has 0 radical (unpaired) electrons. The van der Waals surface area contributed by atoms with E-state index in [1.54, 1.807) is 0 Å². The molecule has 2 aliphatic rings. The third kappa shape index (κ3) is 2.74. The minimum absolute atomic E-state index is 0.198. The first kappa shape index (κ1) is 14.4. The number of nitrogens with zero attached hydrogens (tertiary/aromatic N) is 1. The molecule has 3 unspecified atom stereocenters. The molecule has 120 valence electrons. The van der Waals surface area contributed by atoms with Gasteiger partial charge in [-0.15, -0.1) is 0 Å². The van der Waals surface area contributed by atoms with E-state index in [2.05, 4.69) is 14.9 Å². The van der Waals surface area contributed by atoms with E-state index >= 15 is 0 Å². The highest BCUT2D eigenvalue weighted by Gasteiger charge is 2.47. The smallest absolute Gasteiger partial charge is 0.310 e. The Hall–Kier alpha value is -2.21. The molecule has 6 heteroatoms. The number of aromatic amines is 2. The number of rotatable bonds is 3. The van der Waals surface area contributed by atoms with Crippen LogP contribution in [0, 0.1) is 17.7 Å². The summed E-state index contributed by atoms with van der Waals surface area (Å²) in [5.74, 6) is 1.52. The average molecular weight is 315 g/mol. The summed E-state index contributed by atoms with van der Waals surface area (Å²) in [6, 6.07) is 8.26. The molecule has 1 saturated heterocycles. The first-order chi connectivity index (χ1) is 11.1. The Morgan fingerprint density at radius 2 is 1.91 bits per heavy atom. The lowest BCUT2D eigenvalue weighted by Gasteiger charge is -2.40.